The molecule has 0 fully saturated rings. The Morgan fingerprint density at radius 1 is 1.28 bits per heavy atom. The summed E-state index contributed by atoms with van der Waals surface area (Å²) < 4.78 is 1.31. The standard InChI is InChI=1S/C15H21NOS/c1-10(2)12(8-17)15(16-3)13-9-18-14-7-5-4-6-11(13)14/h4-7,9-10,12,15-17H,8H2,1-3H3. The molecular weight excluding hydrogens is 242 g/mol. The first-order valence-electron chi connectivity index (χ1n) is 6.43. The monoisotopic (exact) mass is 263 g/mol. The van der Waals surface area contributed by atoms with E-state index in [4.69, 9.17) is 0 Å². The number of aliphatic hydroxyl groups excluding tert-OH is 1. The van der Waals surface area contributed by atoms with Crippen LogP contribution in [-0.2, 0) is 0 Å². The van der Waals surface area contributed by atoms with Crippen LogP contribution >= 0.6 is 11.3 Å². The average Bonchev–Trinajstić information content (AvgIpc) is 2.79. The van der Waals surface area contributed by atoms with Crippen molar-refractivity contribution < 1.29 is 5.11 Å². The second kappa shape index (κ2) is 5.83. The van der Waals surface area contributed by atoms with Crippen LogP contribution in [-0.4, -0.2) is 18.8 Å². The highest BCUT2D eigenvalue weighted by molar-refractivity contribution is 7.17. The van der Waals surface area contributed by atoms with Crippen molar-refractivity contribution in [3.63, 3.8) is 0 Å². The maximum absolute atomic E-state index is 9.63. The van der Waals surface area contributed by atoms with Crippen molar-refractivity contribution in [2.45, 2.75) is 19.9 Å². The van der Waals surface area contributed by atoms with Crippen LogP contribution < -0.4 is 5.32 Å². The Balaban J connectivity index is 2.43. The third-order valence-electron chi connectivity index (χ3n) is 3.65. The molecule has 3 heteroatoms. The lowest BCUT2D eigenvalue weighted by molar-refractivity contribution is 0.155. The smallest absolute Gasteiger partial charge is 0.0479 e. The molecule has 0 spiro atoms. The summed E-state index contributed by atoms with van der Waals surface area (Å²) >= 11 is 1.78. The third-order valence-corrected chi connectivity index (χ3v) is 4.63. The Morgan fingerprint density at radius 3 is 2.61 bits per heavy atom. The van der Waals surface area contributed by atoms with Gasteiger partial charge in [-0.2, -0.15) is 0 Å². The van der Waals surface area contributed by atoms with Gasteiger partial charge in [-0.05, 0) is 35.4 Å². The van der Waals surface area contributed by atoms with E-state index in [2.05, 4.69) is 48.8 Å². The van der Waals surface area contributed by atoms with E-state index in [9.17, 15) is 5.11 Å². The van der Waals surface area contributed by atoms with Gasteiger partial charge in [-0.3, -0.25) is 0 Å². The van der Waals surface area contributed by atoms with Crippen LogP contribution in [0.5, 0.6) is 0 Å². The maximum Gasteiger partial charge on any atom is 0.0479 e. The van der Waals surface area contributed by atoms with Crippen molar-refractivity contribution in [2.24, 2.45) is 11.8 Å². The SMILES string of the molecule is CNC(c1csc2ccccc12)C(CO)C(C)C. The molecule has 2 N–H and O–H groups in total. The van der Waals surface area contributed by atoms with Crippen molar-refractivity contribution in [3.8, 4) is 0 Å². The molecule has 0 amide bonds. The van der Waals surface area contributed by atoms with Gasteiger partial charge in [0.2, 0.25) is 0 Å². The lowest BCUT2D eigenvalue weighted by Gasteiger charge is -2.28. The lowest BCUT2D eigenvalue weighted by atomic mass is 9.85. The minimum absolute atomic E-state index is 0.214. The molecule has 0 aliphatic heterocycles. The van der Waals surface area contributed by atoms with Gasteiger partial charge >= 0.3 is 0 Å². The Labute approximate surface area is 113 Å². The second-order valence-corrected chi connectivity index (χ2v) is 5.96. The van der Waals surface area contributed by atoms with E-state index in [-0.39, 0.29) is 18.6 Å². The summed E-state index contributed by atoms with van der Waals surface area (Å²) in [4.78, 5) is 0. The van der Waals surface area contributed by atoms with Gasteiger partial charge in [0.25, 0.3) is 0 Å². The Hall–Kier alpha value is -0.900. The summed E-state index contributed by atoms with van der Waals surface area (Å²) in [6.45, 7) is 4.55. The first-order chi connectivity index (χ1) is 8.69. The fourth-order valence-corrected chi connectivity index (χ4v) is 3.54. The van der Waals surface area contributed by atoms with Gasteiger partial charge in [0.15, 0.2) is 0 Å². The molecule has 0 aliphatic carbocycles. The number of hydrogen-bond acceptors (Lipinski definition) is 3. The fraction of sp³-hybridized carbons (Fsp3) is 0.467. The molecule has 0 saturated carbocycles. The summed E-state index contributed by atoms with van der Waals surface area (Å²) in [7, 11) is 1.97. The molecule has 0 aliphatic rings. The summed E-state index contributed by atoms with van der Waals surface area (Å²) in [5.41, 5.74) is 1.31. The van der Waals surface area contributed by atoms with Crippen LogP contribution in [0.25, 0.3) is 10.1 Å². The van der Waals surface area contributed by atoms with E-state index in [1.807, 2.05) is 7.05 Å². The van der Waals surface area contributed by atoms with Crippen molar-refractivity contribution in [2.75, 3.05) is 13.7 Å². The van der Waals surface area contributed by atoms with Crippen LogP contribution in [0.2, 0.25) is 0 Å². The van der Waals surface area contributed by atoms with Gasteiger partial charge < -0.3 is 10.4 Å². The number of fused-ring (bicyclic) bond motifs is 1. The summed E-state index contributed by atoms with van der Waals surface area (Å²) in [6.07, 6.45) is 0. The van der Waals surface area contributed by atoms with E-state index in [1.54, 1.807) is 11.3 Å². The van der Waals surface area contributed by atoms with Gasteiger partial charge in [-0.1, -0.05) is 32.0 Å². The fourth-order valence-electron chi connectivity index (χ4n) is 2.54. The zero-order valence-electron chi connectivity index (χ0n) is 11.2. The van der Waals surface area contributed by atoms with Crippen LogP contribution in [0.15, 0.2) is 29.6 Å². The third kappa shape index (κ3) is 2.44. The van der Waals surface area contributed by atoms with Gasteiger partial charge in [0.1, 0.15) is 0 Å². The first-order valence-corrected chi connectivity index (χ1v) is 7.31. The van der Waals surface area contributed by atoms with E-state index >= 15 is 0 Å². The minimum atomic E-state index is 0.214. The predicted molar refractivity (Wildman–Crippen MR) is 79.0 cm³/mol. The molecule has 1 heterocycles. The zero-order chi connectivity index (χ0) is 13.1. The van der Waals surface area contributed by atoms with E-state index in [0.29, 0.717) is 5.92 Å². The summed E-state index contributed by atoms with van der Waals surface area (Å²) in [5.74, 6) is 0.694. The molecule has 2 unspecified atom stereocenters. The Morgan fingerprint density at radius 2 is 2.00 bits per heavy atom. The highest BCUT2D eigenvalue weighted by Crippen LogP contribution is 2.35. The molecule has 98 valence electrons. The molecule has 2 rings (SSSR count). The minimum Gasteiger partial charge on any atom is -0.396 e. The number of thiophene rings is 1. The van der Waals surface area contributed by atoms with E-state index in [1.165, 1.54) is 15.6 Å². The van der Waals surface area contributed by atoms with Crippen molar-refractivity contribution in [1.29, 1.82) is 0 Å². The van der Waals surface area contributed by atoms with Gasteiger partial charge in [0, 0.05) is 23.3 Å². The molecule has 2 aromatic rings. The van der Waals surface area contributed by atoms with E-state index in [0.717, 1.165) is 0 Å². The molecule has 1 aromatic heterocycles. The Bertz CT molecular complexity index is 506. The van der Waals surface area contributed by atoms with E-state index < -0.39 is 0 Å². The molecular formula is C15H21NOS. The number of benzene rings is 1. The lowest BCUT2D eigenvalue weighted by Crippen LogP contribution is -2.31. The van der Waals surface area contributed by atoms with Gasteiger partial charge in [-0.25, -0.2) is 0 Å². The first kappa shape index (κ1) is 13.5. The van der Waals surface area contributed by atoms with Crippen LogP contribution in [0.4, 0.5) is 0 Å². The highest BCUT2D eigenvalue weighted by Gasteiger charge is 2.26. The number of hydrogen-bond donors (Lipinski definition) is 2. The topological polar surface area (TPSA) is 32.3 Å². The van der Waals surface area contributed by atoms with Crippen LogP contribution in [0.3, 0.4) is 0 Å². The van der Waals surface area contributed by atoms with Gasteiger partial charge in [-0.15, -0.1) is 11.3 Å². The summed E-state index contributed by atoms with van der Waals surface area (Å²) in [5, 5.41) is 16.5. The van der Waals surface area contributed by atoms with Gasteiger partial charge in [0.05, 0.1) is 0 Å². The number of aliphatic hydroxyl groups is 1. The largest absolute Gasteiger partial charge is 0.396 e. The van der Waals surface area contributed by atoms with Crippen molar-refractivity contribution >= 4 is 21.4 Å². The van der Waals surface area contributed by atoms with Crippen LogP contribution in [0, 0.1) is 11.8 Å². The normalized spacial score (nSPS) is 15.2. The second-order valence-electron chi connectivity index (χ2n) is 5.04. The maximum atomic E-state index is 9.63. The number of nitrogens with one attached hydrogen (secondary N) is 1. The zero-order valence-corrected chi connectivity index (χ0v) is 12.0. The molecule has 0 saturated heterocycles. The predicted octanol–water partition coefficient (Wildman–Crippen LogP) is 3.43. The molecule has 2 atom stereocenters. The Kier molecular flexibility index (Phi) is 4.38. The van der Waals surface area contributed by atoms with Crippen molar-refractivity contribution in [3.05, 3.63) is 35.2 Å². The van der Waals surface area contributed by atoms with Crippen molar-refractivity contribution in [1.82, 2.24) is 5.32 Å². The van der Waals surface area contributed by atoms with Crippen LogP contribution in [0.1, 0.15) is 25.5 Å². The molecule has 1 aromatic carbocycles. The average molecular weight is 263 g/mol. The highest BCUT2D eigenvalue weighted by atomic mass is 32.1. The molecule has 0 bridgehead atoms. The molecule has 18 heavy (non-hydrogen) atoms. The number of rotatable bonds is 5. The molecule has 0 radical (unpaired) electrons. The molecule has 2 nitrogen and oxygen atoms in total. The summed E-state index contributed by atoms with van der Waals surface area (Å²) in [6, 6.07) is 8.68. The quantitative estimate of drug-likeness (QED) is 0.866.